The van der Waals surface area contributed by atoms with Gasteiger partial charge in [-0.1, -0.05) is 25.8 Å². The lowest BCUT2D eigenvalue weighted by atomic mass is 9.95. The summed E-state index contributed by atoms with van der Waals surface area (Å²) >= 11 is 0. The molecule has 1 aromatic heterocycles. The third kappa shape index (κ3) is 6.19. The Hall–Kier alpha value is -3.39. The van der Waals surface area contributed by atoms with E-state index in [1.165, 1.54) is 17.3 Å². The number of unbranched alkanes of at least 4 members (excludes halogenated alkanes) is 2. The van der Waals surface area contributed by atoms with Crippen molar-refractivity contribution in [3.05, 3.63) is 59.4 Å². The number of hydrogen-bond acceptors (Lipinski definition) is 7. The fourth-order valence-corrected chi connectivity index (χ4v) is 4.19. The zero-order valence-electron chi connectivity index (χ0n) is 21.0. The Balaban J connectivity index is 2.03. The van der Waals surface area contributed by atoms with Crippen LogP contribution < -0.4 is 9.47 Å². The largest absolute Gasteiger partial charge is 0.507 e. The second-order valence-corrected chi connectivity index (χ2v) is 8.85. The Labute approximate surface area is 207 Å². The quantitative estimate of drug-likeness (QED) is 0.212. The number of nitrogens with zero attached hydrogens (tertiary/aromatic N) is 3. The van der Waals surface area contributed by atoms with E-state index >= 15 is 0 Å². The van der Waals surface area contributed by atoms with Gasteiger partial charge in [0.15, 0.2) is 11.5 Å². The summed E-state index contributed by atoms with van der Waals surface area (Å²) in [6.07, 6.45) is 6.87. The van der Waals surface area contributed by atoms with Crippen LogP contribution in [0.4, 0.5) is 0 Å². The van der Waals surface area contributed by atoms with Crippen molar-refractivity contribution < 1.29 is 24.2 Å². The number of Topliss-reactive ketones (excluding diaryl/α,β-unsaturated/α-hetero) is 1. The van der Waals surface area contributed by atoms with Gasteiger partial charge in [0, 0.05) is 24.5 Å². The van der Waals surface area contributed by atoms with Crippen molar-refractivity contribution >= 4 is 17.4 Å². The number of aromatic nitrogens is 1. The first kappa shape index (κ1) is 26.2. The van der Waals surface area contributed by atoms with Crippen LogP contribution in [0.2, 0.25) is 0 Å². The number of pyridine rings is 1. The molecule has 3 rings (SSSR count). The number of rotatable bonds is 12. The minimum Gasteiger partial charge on any atom is -0.507 e. The number of carbonyl (C=O) groups is 2. The summed E-state index contributed by atoms with van der Waals surface area (Å²) in [7, 11) is 5.47. The maximum Gasteiger partial charge on any atom is 0.295 e. The van der Waals surface area contributed by atoms with Gasteiger partial charge in [-0.15, -0.1) is 0 Å². The maximum absolute atomic E-state index is 13.1. The molecule has 0 aliphatic carbocycles. The van der Waals surface area contributed by atoms with Crippen LogP contribution in [-0.4, -0.2) is 72.5 Å². The number of hydrogen-bond donors (Lipinski definition) is 1. The summed E-state index contributed by atoms with van der Waals surface area (Å²) in [5, 5.41) is 11.1. The van der Waals surface area contributed by atoms with E-state index < -0.39 is 17.7 Å². The molecule has 2 aromatic rings. The van der Waals surface area contributed by atoms with Gasteiger partial charge >= 0.3 is 0 Å². The van der Waals surface area contributed by atoms with Gasteiger partial charge < -0.3 is 24.4 Å². The molecule has 1 saturated heterocycles. The normalized spacial score (nSPS) is 17.3. The van der Waals surface area contributed by atoms with Gasteiger partial charge in [0.05, 0.1) is 25.3 Å². The highest BCUT2D eigenvalue weighted by molar-refractivity contribution is 6.46. The number of ketones is 1. The predicted molar refractivity (Wildman–Crippen MR) is 134 cm³/mol. The lowest BCUT2D eigenvalue weighted by Crippen LogP contribution is -2.32. The van der Waals surface area contributed by atoms with E-state index in [-0.39, 0.29) is 11.3 Å². The van der Waals surface area contributed by atoms with Crippen molar-refractivity contribution in [1.82, 2.24) is 14.8 Å². The van der Waals surface area contributed by atoms with Gasteiger partial charge in [0.2, 0.25) is 0 Å². The van der Waals surface area contributed by atoms with Crippen LogP contribution in [0, 0.1) is 0 Å². The van der Waals surface area contributed by atoms with Crippen molar-refractivity contribution in [3.8, 4) is 11.5 Å². The van der Waals surface area contributed by atoms with E-state index in [2.05, 4.69) is 11.9 Å². The average Bonchev–Trinajstić information content (AvgIpc) is 3.11. The summed E-state index contributed by atoms with van der Waals surface area (Å²) in [4.78, 5) is 33.8. The summed E-state index contributed by atoms with van der Waals surface area (Å²) in [6.45, 7) is 3.84. The van der Waals surface area contributed by atoms with E-state index in [4.69, 9.17) is 9.47 Å². The highest BCUT2D eigenvalue weighted by Crippen LogP contribution is 2.42. The standard InChI is InChI=1S/C27H35N3O5/c1-5-6-7-17-35-21-10-9-20(18-22(21)34-4)24-23(25(31)19-11-13-28-14-12-19)26(32)27(33)30(24)16-8-15-29(2)3/h9-14,18,24,31H,5-8,15-17H2,1-4H3/b25-23+. The highest BCUT2D eigenvalue weighted by Gasteiger charge is 2.46. The summed E-state index contributed by atoms with van der Waals surface area (Å²) in [5.41, 5.74) is 1.16. The molecule has 1 atom stereocenters. The Morgan fingerprint density at radius 3 is 2.49 bits per heavy atom. The molecular formula is C27H35N3O5. The van der Waals surface area contributed by atoms with Crippen LogP contribution >= 0.6 is 0 Å². The van der Waals surface area contributed by atoms with Crippen LogP contribution in [0.5, 0.6) is 11.5 Å². The molecule has 0 spiro atoms. The van der Waals surface area contributed by atoms with Gasteiger partial charge in [-0.3, -0.25) is 14.6 Å². The molecule has 1 unspecified atom stereocenters. The van der Waals surface area contributed by atoms with E-state index in [9.17, 15) is 14.7 Å². The minimum atomic E-state index is -0.742. The van der Waals surface area contributed by atoms with Gasteiger partial charge in [0.1, 0.15) is 5.76 Å². The Kier molecular flexibility index (Phi) is 9.25. The maximum atomic E-state index is 13.1. The molecule has 8 heteroatoms. The summed E-state index contributed by atoms with van der Waals surface area (Å²) < 4.78 is 11.5. The lowest BCUT2D eigenvalue weighted by molar-refractivity contribution is -0.139. The average molecular weight is 482 g/mol. The number of methoxy groups -OCH3 is 1. The monoisotopic (exact) mass is 481 g/mol. The molecule has 1 N–H and O–H groups in total. The third-order valence-electron chi connectivity index (χ3n) is 6.01. The number of benzene rings is 1. The zero-order chi connectivity index (χ0) is 25.4. The van der Waals surface area contributed by atoms with Gasteiger partial charge in [-0.05, 0) is 63.3 Å². The number of carbonyl (C=O) groups excluding carboxylic acids is 2. The molecule has 1 amide bonds. The Morgan fingerprint density at radius 2 is 1.83 bits per heavy atom. The Bertz CT molecular complexity index is 1050. The molecule has 0 bridgehead atoms. The van der Waals surface area contributed by atoms with Crippen LogP contribution in [0.1, 0.15) is 49.8 Å². The number of likely N-dealkylation sites (tertiary alicyclic amines) is 1. The van der Waals surface area contributed by atoms with E-state index in [1.54, 1.807) is 31.4 Å². The molecule has 0 radical (unpaired) electrons. The van der Waals surface area contributed by atoms with Gasteiger partial charge in [-0.25, -0.2) is 0 Å². The summed E-state index contributed by atoms with van der Waals surface area (Å²) in [6, 6.07) is 7.89. The number of aliphatic hydroxyl groups excluding tert-OH is 1. The third-order valence-corrected chi connectivity index (χ3v) is 6.01. The van der Waals surface area contributed by atoms with Crippen molar-refractivity contribution in [2.24, 2.45) is 0 Å². The van der Waals surface area contributed by atoms with Crippen LogP contribution in [0.15, 0.2) is 48.3 Å². The molecule has 2 heterocycles. The SMILES string of the molecule is CCCCCOc1ccc(C2/C(=C(\O)c3ccncc3)C(=O)C(=O)N2CCCN(C)C)cc1OC. The van der Waals surface area contributed by atoms with Gasteiger partial charge in [0.25, 0.3) is 11.7 Å². The first-order valence-corrected chi connectivity index (χ1v) is 12.0. The molecule has 35 heavy (non-hydrogen) atoms. The fraction of sp³-hybridized carbons (Fsp3) is 0.444. The fourth-order valence-electron chi connectivity index (χ4n) is 4.19. The van der Waals surface area contributed by atoms with E-state index in [0.717, 1.165) is 25.8 Å². The van der Waals surface area contributed by atoms with Crippen molar-refractivity contribution in [2.45, 2.75) is 38.6 Å². The van der Waals surface area contributed by atoms with E-state index in [0.29, 0.717) is 42.2 Å². The second-order valence-electron chi connectivity index (χ2n) is 8.85. The number of ether oxygens (including phenoxy) is 2. The first-order chi connectivity index (χ1) is 16.9. The lowest BCUT2D eigenvalue weighted by Gasteiger charge is -2.26. The molecular weight excluding hydrogens is 446 g/mol. The zero-order valence-corrected chi connectivity index (χ0v) is 21.0. The summed E-state index contributed by atoms with van der Waals surface area (Å²) in [5.74, 6) is -0.422. The van der Waals surface area contributed by atoms with Crippen molar-refractivity contribution in [3.63, 3.8) is 0 Å². The molecule has 1 aromatic carbocycles. The topological polar surface area (TPSA) is 92.2 Å². The second kappa shape index (κ2) is 12.4. The highest BCUT2D eigenvalue weighted by atomic mass is 16.5. The molecule has 0 saturated carbocycles. The first-order valence-electron chi connectivity index (χ1n) is 12.0. The number of amides is 1. The van der Waals surface area contributed by atoms with Crippen molar-refractivity contribution in [2.75, 3.05) is 40.9 Å². The van der Waals surface area contributed by atoms with Crippen LogP contribution in [0.25, 0.3) is 5.76 Å². The van der Waals surface area contributed by atoms with Crippen LogP contribution in [-0.2, 0) is 9.59 Å². The minimum absolute atomic E-state index is 0.0599. The smallest absolute Gasteiger partial charge is 0.295 e. The molecule has 1 aliphatic rings. The molecule has 8 nitrogen and oxygen atoms in total. The molecule has 188 valence electrons. The molecule has 1 aliphatic heterocycles. The van der Waals surface area contributed by atoms with Crippen molar-refractivity contribution in [1.29, 1.82) is 0 Å². The van der Waals surface area contributed by atoms with Gasteiger partial charge in [-0.2, -0.15) is 0 Å². The Morgan fingerprint density at radius 1 is 1.09 bits per heavy atom. The van der Waals surface area contributed by atoms with Crippen LogP contribution in [0.3, 0.4) is 0 Å². The number of aliphatic hydroxyl groups is 1. The molecule has 1 fully saturated rings. The van der Waals surface area contributed by atoms with E-state index in [1.807, 2.05) is 25.1 Å². The predicted octanol–water partition coefficient (Wildman–Crippen LogP) is 4.03.